The van der Waals surface area contributed by atoms with Crippen molar-refractivity contribution in [1.82, 2.24) is 0 Å². The predicted molar refractivity (Wildman–Crippen MR) is 68.4 cm³/mol. The maximum Gasteiger partial charge on any atom is 0.338 e. The third kappa shape index (κ3) is 3.46. The molecule has 0 fully saturated rings. The number of methoxy groups -OCH3 is 1. The first-order valence-corrected chi connectivity index (χ1v) is 6.51. The highest BCUT2D eigenvalue weighted by Gasteiger charge is 2.19. The quantitative estimate of drug-likeness (QED) is 0.676. The third-order valence-corrected chi connectivity index (χ3v) is 4.15. The van der Waals surface area contributed by atoms with E-state index in [0.717, 1.165) is 17.8 Å². The molecule has 0 aliphatic rings. The number of carbonyl (C=O) groups is 2. The molecule has 1 aromatic carbocycles. The Balaban J connectivity index is 3.06. The average Bonchev–Trinajstić information content (AvgIpc) is 2.30. The molecule has 0 heterocycles. The molecule has 0 radical (unpaired) electrons. The predicted octanol–water partition coefficient (Wildman–Crippen LogP) is 2.94. The minimum atomic E-state index is -1.35. The van der Waals surface area contributed by atoms with E-state index in [9.17, 15) is 14.0 Å². The largest absolute Gasteiger partial charge is 0.478 e. The first-order chi connectivity index (χ1) is 8.36. The highest BCUT2D eigenvalue weighted by molar-refractivity contribution is 9.10. The van der Waals surface area contributed by atoms with Crippen molar-refractivity contribution in [2.45, 2.75) is 17.1 Å². The van der Waals surface area contributed by atoms with Gasteiger partial charge in [0.05, 0.1) is 12.7 Å². The van der Waals surface area contributed by atoms with E-state index < -0.39 is 28.6 Å². The molecule has 18 heavy (non-hydrogen) atoms. The molecule has 0 spiro atoms. The maximum atomic E-state index is 13.3. The van der Waals surface area contributed by atoms with E-state index >= 15 is 0 Å². The number of ether oxygens (including phenoxy) is 1. The van der Waals surface area contributed by atoms with Gasteiger partial charge >= 0.3 is 11.9 Å². The van der Waals surface area contributed by atoms with Crippen molar-refractivity contribution in [2.24, 2.45) is 0 Å². The van der Waals surface area contributed by atoms with Crippen LogP contribution in [0, 0.1) is 5.82 Å². The number of rotatable bonds is 4. The minimum Gasteiger partial charge on any atom is -0.478 e. The van der Waals surface area contributed by atoms with Gasteiger partial charge in [-0.1, -0.05) is 0 Å². The Morgan fingerprint density at radius 1 is 1.50 bits per heavy atom. The van der Waals surface area contributed by atoms with Crippen LogP contribution in [-0.4, -0.2) is 29.4 Å². The lowest BCUT2D eigenvalue weighted by atomic mass is 10.2. The lowest BCUT2D eigenvalue weighted by Crippen LogP contribution is -2.14. The molecule has 1 aromatic rings. The summed E-state index contributed by atoms with van der Waals surface area (Å²) in [4.78, 5) is 22.5. The summed E-state index contributed by atoms with van der Waals surface area (Å²) >= 11 is 4.22. The van der Waals surface area contributed by atoms with Crippen LogP contribution in [0.15, 0.2) is 21.5 Å². The van der Waals surface area contributed by atoms with Gasteiger partial charge < -0.3 is 9.84 Å². The van der Waals surface area contributed by atoms with E-state index in [4.69, 9.17) is 5.11 Å². The third-order valence-electron chi connectivity index (χ3n) is 2.09. The lowest BCUT2D eigenvalue weighted by Gasteiger charge is -2.11. The monoisotopic (exact) mass is 336 g/mol. The molecule has 0 saturated carbocycles. The van der Waals surface area contributed by atoms with Crippen LogP contribution < -0.4 is 0 Å². The SMILES string of the molecule is COC(=O)C(C)Sc1cc(C(=O)O)c(F)cc1Br. The van der Waals surface area contributed by atoms with E-state index in [1.165, 1.54) is 13.2 Å². The van der Waals surface area contributed by atoms with Crippen molar-refractivity contribution in [1.29, 1.82) is 0 Å². The van der Waals surface area contributed by atoms with Gasteiger partial charge in [0.15, 0.2) is 0 Å². The molecule has 1 atom stereocenters. The smallest absolute Gasteiger partial charge is 0.338 e. The number of benzene rings is 1. The van der Waals surface area contributed by atoms with E-state index in [1.54, 1.807) is 6.92 Å². The van der Waals surface area contributed by atoms with Gasteiger partial charge in [-0.25, -0.2) is 9.18 Å². The summed E-state index contributed by atoms with van der Waals surface area (Å²) in [5.41, 5.74) is -0.433. The number of hydrogen-bond donors (Lipinski definition) is 1. The molecule has 0 aliphatic carbocycles. The van der Waals surface area contributed by atoms with Gasteiger partial charge in [0, 0.05) is 9.37 Å². The van der Waals surface area contributed by atoms with Gasteiger partial charge in [-0.15, -0.1) is 11.8 Å². The van der Waals surface area contributed by atoms with Gasteiger partial charge in [-0.3, -0.25) is 4.79 Å². The molecular weight excluding hydrogens is 327 g/mol. The Morgan fingerprint density at radius 3 is 2.61 bits per heavy atom. The molecule has 1 rings (SSSR count). The zero-order valence-electron chi connectivity index (χ0n) is 9.57. The van der Waals surface area contributed by atoms with E-state index in [2.05, 4.69) is 20.7 Å². The number of carbonyl (C=O) groups excluding carboxylic acids is 1. The molecule has 98 valence electrons. The Bertz CT molecular complexity index is 492. The number of thioether (sulfide) groups is 1. The number of hydrogen-bond acceptors (Lipinski definition) is 4. The summed E-state index contributed by atoms with van der Waals surface area (Å²) in [6.07, 6.45) is 0. The maximum absolute atomic E-state index is 13.3. The van der Waals surface area contributed by atoms with Crippen LogP contribution in [0.1, 0.15) is 17.3 Å². The summed E-state index contributed by atoms with van der Waals surface area (Å²) in [6.45, 7) is 1.62. The fraction of sp³-hybridized carbons (Fsp3) is 0.273. The molecule has 0 saturated heterocycles. The van der Waals surface area contributed by atoms with Crippen LogP contribution in [0.3, 0.4) is 0 Å². The number of aromatic carboxylic acids is 1. The first kappa shape index (κ1) is 15.0. The van der Waals surface area contributed by atoms with Crippen LogP contribution in [-0.2, 0) is 9.53 Å². The van der Waals surface area contributed by atoms with Crippen LogP contribution in [0.2, 0.25) is 0 Å². The summed E-state index contributed by atoms with van der Waals surface area (Å²) in [5.74, 6) is -2.62. The summed E-state index contributed by atoms with van der Waals surface area (Å²) in [5, 5.41) is 8.30. The zero-order chi connectivity index (χ0) is 13.9. The van der Waals surface area contributed by atoms with Crippen molar-refractivity contribution in [3.05, 3.63) is 28.0 Å². The van der Waals surface area contributed by atoms with Crippen molar-refractivity contribution >= 4 is 39.6 Å². The van der Waals surface area contributed by atoms with Gasteiger partial charge in [-0.05, 0) is 35.0 Å². The van der Waals surface area contributed by atoms with Crippen molar-refractivity contribution in [3.63, 3.8) is 0 Å². The molecule has 0 bridgehead atoms. The normalized spacial score (nSPS) is 12.0. The lowest BCUT2D eigenvalue weighted by molar-refractivity contribution is -0.139. The standard InChI is InChI=1S/C11H10BrFO4S/c1-5(11(16)17-2)18-9-3-6(10(14)15)8(13)4-7(9)12/h3-5H,1-2H3,(H,14,15). The van der Waals surface area contributed by atoms with Crippen molar-refractivity contribution in [2.75, 3.05) is 7.11 Å². The highest BCUT2D eigenvalue weighted by Crippen LogP contribution is 2.33. The van der Waals surface area contributed by atoms with Crippen molar-refractivity contribution in [3.8, 4) is 0 Å². The van der Waals surface area contributed by atoms with E-state index in [1.807, 2.05) is 0 Å². The van der Waals surface area contributed by atoms with Crippen LogP contribution >= 0.6 is 27.7 Å². The molecule has 7 heteroatoms. The molecule has 0 aromatic heterocycles. The van der Waals surface area contributed by atoms with E-state index in [-0.39, 0.29) is 0 Å². The fourth-order valence-corrected chi connectivity index (χ4v) is 2.71. The molecule has 1 unspecified atom stereocenters. The summed E-state index contributed by atoms with van der Waals surface area (Å²) in [6, 6.07) is 2.25. The fourth-order valence-electron chi connectivity index (χ4n) is 1.19. The second-order valence-corrected chi connectivity index (χ2v) is 5.59. The Kier molecular flexibility index (Phi) is 5.15. The first-order valence-electron chi connectivity index (χ1n) is 4.83. The topological polar surface area (TPSA) is 63.6 Å². The Hall–Kier alpha value is -1.08. The van der Waals surface area contributed by atoms with Gasteiger partial charge in [0.25, 0.3) is 0 Å². The molecule has 1 N–H and O–H groups in total. The van der Waals surface area contributed by atoms with Gasteiger partial charge in [0.2, 0.25) is 0 Å². The molecule has 4 nitrogen and oxygen atoms in total. The number of esters is 1. The summed E-state index contributed by atoms with van der Waals surface area (Å²) in [7, 11) is 1.27. The zero-order valence-corrected chi connectivity index (χ0v) is 12.0. The van der Waals surface area contributed by atoms with Gasteiger partial charge in [0.1, 0.15) is 11.1 Å². The average molecular weight is 337 g/mol. The number of carboxylic acid groups (broad SMARTS) is 1. The Labute approximate surface area is 116 Å². The second kappa shape index (κ2) is 6.19. The molecular formula is C11H10BrFO4S. The van der Waals surface area contributed by atoms with E-state index in [0.29, 0.717) is 9.37 Å². The molecule has 0 aliphatic heterocycles. The van der Waals surface area contributed by atoms with Crippen LogP contribution in [0.5, 0.6) is 0 Å². The van der Waals surface area contributed by atoms with Crippen LogP contribution in [0.25, 0.3) is 0 Å². The summed E-state index contributed by atoms with van der Waals surface area (Å²) < 4.78 is 18.3. The van der Waals surface area contributed by atoms with Gasteiger partial charge in [-0.2, -0.15) is 0 Å². The van der Waals surface area contributed by atoms with Crippen LogP contribution in [0.4, 0.5) is 4.39 Å². The van der Waals surface area contributed by atoms with Crippen molar-refractivity contribution < 1.29 is 23.8 Å². The second-order valence-electron chi connectivity index (χ2n) is 3.35. The highest BCUT2D eigenvalue weighted by atomic mass is 79.9. The number of halogens is 2. The molecule has 0 amide bonds. The Morgan fingerprint density at radius 2 is 2.11 bits per heavy atom. The number of carboxylic acids is 1. The minimum absolute atomic E-state index is 0.394.